The standard InChI is InChI=1S/C15H14N6O/c16-21(10-12-5-2-1-3-6-12)14-18-11-20(15(22)19-14)13-7-4-8-17-9-13/h1-9,11H,10,16H2. The minimum atomic E-state index is -0.457. The summed E-state index contributed by atoms with van der Waals surface area (Å²) in [6.07, 6.45) is 4.59. The van der Waals surface area contributed by atoms with E-state index >= 15 is 0 Å². The third-order valence-electron chi connectivity index (χ3n) is 3.07. The van der Waals surface area contributed by atoms with Gasteiger partial charge in [-0.15, -0.1) is 0 Å². The van der Waals surface area contributed by atoms with E-state index in [4.69, 9.17) is 5.84 Å². The molecular weight excluding hydrogens is 280 g/mol. The molecule has 0 unspecified atom stereocenters. The van der Waals surface area contributed by atoms with Crippen molar-refractivity contribution in [1.29, 1.82) is 0 Å². The maximum absolute atomic E-state index is 12.1. The summed E-state index contributed by atoms with van der Waals surface area (Å²) in [6.45, 7) is 0.414. The van der Waals surface area contributed by atoms with Crippen LogP contribution in [0.5, 0.6) is 0 Å². The molecule has 0 radical (unpaired) electrons. The average Bonchev–Trinajstić information content (AvgIpc) is 2.56. The minimum Gasteiger partial charge on any atom is -0.274 e. The minimum absolute atomic E-state index is 0.175. The highest BCUT2D eigenvalue weighted by atomic mass is 16.1. The van der Waals surface area contributed by atoms with Crippen LogP contribution in [0.25, 0.3) is 5.69 Å². The third-order valence-corrected chi connectivity index (χ3v) is 3.07. The zero-order chi connectivity index (χ0) is 15.4. The molecule has 0 aliphatic heterocycles. The molecule has 2 N–H and O–H groups in total. The number of hydrogen-bond donors (Lipinski definition) is 1. The molecule has 0 saturated heterocycles. The molecule has 0 aliphatic rings. The van der Waals surface area contributed by atoms with Gasteiger partial charge in [0.15, 0.2) is 0 Å². The van der Waals surface area contributed by atoms with E-state index in [-0.39, 0.29) is 5.95 Å². The Hall–Kier alpha value is -3.06. The summed E-state index contributed by atoms with van der Waals surface area (Å²) in [7, 11) is 0. The Morgan fingerprint density at radius 2 is 1.95 bits per heavy atom. The molecule has 0 saturated carbocycles. The zero-order valence-electron chi connectivity index (χ0n) is 11.7. The number of nitrogens with zero attached hydrogens (tertiary/aromatic N) is 5. The first-order valence-electron chi connectivity index (χ1n) is 6.66. The van der Waals surface area contributed by atoms with Gasteiger partial charge in [0.25, 0.3) is 0 Å². The van der Waals surface area contributed by atoms with E-state index in [1.165, 1.54) is 15.9 Å². The molecular formula is C15H14N6O. The number of aromatic nitrogens is 4. The number of pyridine rings is 1. The molecule has 2 aromatic heterocycles. The predicted octanol–water partition coefficient (Wildman–Crippen LogP) is 0.903. The molecule has 7 heteroatoms. The van der Waals surface area contributed by atoms with Crippen molar-refractivity contribution >= 4 is 5.95 Å². The average molecular weight is 294 g/mol. The van der Waals surface area contributed by atoms with Crippen molar-refractivity contribution < 1.29 is 0 Å². The summed E-state index contributed by atoms with van der Waals surface area (Å²) in [5.41, 5.74) is 1.15. The van der Waals surface area contributed by atoms with Crippen LogP contribution in [0.4, 0.5) is 5.95 Å². The lowest BCUT2D eigenvalue weighted by atomic mass is 10.2. The van der Waals surface area contributed by atoms with Crippen LogP contribution in [0.1, 0.15) is 5.56 Å². The van der Waals surface area contributed by atoms with Gasteiger partial charge in [-0.3, -0.25) is 9.99 Å². The molecule has 22 heavy (non-hydrogen) atoms. The summed E-state index contributed by atoms with van der Waals surface area (Å²) in [5, 5.41) is 1.34. The number of hydrazine groups is 1. The number of rotatable bonds is 4. The Balaban J connectivity index is 1.84. The van der Waals surface area contributed by atoms with Crippen molar-refractivity contribution in [1.82, 2.24) is 19.5 Å². The number of anilines is 1. The lowest BCUT2D eigenvalue weighted by Gasteiger charge is -2.16. The summed E-state index contributed by atoms with van der Waals surface area (Å²) in [6, 6.07) is 13.1. The number of benzene rings is 1. The molecule has 0 bridgehead atoms. The largest absolute Gasteiger partial charge is 0.356 e. The monoisotopic (exact) mass is 294 g/mol. The zero-order valence-corrected chi connectivity index (χ0v) is 11.7. The smallest absolute Gasteiger partial charge is 0.274 e. The quantitative estimate of drug-likeness (QED) is 0.568. The highest BCUT2D eigenvalue weighted by molar-refractivity contribution is 5.31. The second-order valence-corrected chi connectivity index (χ2v) is 4.63. The molecule has 3 rings (SSSR count). The Kier molecular flexibility index (Phi) is 3.88. The van der Waals surface area contributed by atoms with Crippen LogP contribution in [0.2, 0.25) is 0 Å². The van der Waals surface area contributed by atoms with Crippen molar-refractivity contribution in [2.45, 2.75) is 6.54 Å². The van der Waals surface area contributed by atoms with E-state index in [2.05, 4.69) is 15.0 Å². The lowest BCUT2D eigenvalue weighted by molar-refractivity contribution is 0.763. The van der Waals surface area contributed by atoms with Crippen LogP contribution in [0, 0.1) is 0 Å². The Bertz CT molecular complexity index is 803. The van der Waals surface area contributed by atoms with Crippen molar-refractivity contribution in [3.05, 3.63) is 77.2 Å². The fourth-order valence-electron chi connectivity index (χ4n) is 1.99. The Morgan fingerprint density at radius 1 is 1.14 bits per heavy atom. The summed E-state index contributed by atoms with van der Waals surface area (Å²) in [5.74, 6) is 6.11. The normalized spacial score (nSPS) is 10.4. The second kappa shape index (κ2) is 6.15. The molecule has 0 atom stereocenters. The maximum Gasteiger partial charge on any atom is 0.356 e. The van der Waals surface area contributed by atoms with Gasteiger partial charge in [-0.25, -0.2) is 20.2 Å². The lowest BCUT2D eigenvalue weighted by Crippen LogP contribution is -2.35. The second-order valence-electron chi connectivity index (χ2n) is 4.63. The maximum atomic E-state index is 12.1. The van der Waals surface area contributed by atoms with Crippen LogP contribution >= 0.6 is 0 Å². The van der Waals surface area contributed by atoms with E-state index in [0.29, 0.717) is 12.2 Å². The van der Waals surface area contributed by atoms with E-state index in [1.807, 2.05) is 30.3 Å². The van der Waals surface area contributed by atoms with E-state index in [9.17, 15) is 4.79 Å². The van der Waals surface area contributed by atoms with Crippen molar-refractivity contribution in [3.63, 3.8) is 0 Å². The summed E-state index contributed by atoms with van der Waals surface area (Å²) >= 11 is 0. The van der Waals surface area contributed by atoms with Crippen LogP contribution in [-0.2, 0) is 6.54 Å². The predicted molar refractivity (Wildman–Crippen MR) is 82.2 cm³/mol. The van der Waals surface area contributed by atoms with E-state index in [1.54, 1.807) is 24.5 Å². The van der Waals surface area contributed by atoms with E-state index < -0.39 is 5.69 Å². The van der Waals surface area contributed by atoms with Gasteiger partial charge in [-0.1, -0.05) is 30.3 Å². The molecule has 7 nitrogen and oxygen atoms in total. The summed E-state index contributed by atoms with van der Waals surface area (Å²) in [4.78, 5) is 24.1. The molecule has 2 heterocycles. The fourth-order valence-corrected chi connectivity index (χ4v) is 1.99. The third kappa shape index (κ3) is 2.99. The van der Waals surface area contributed by atoms with Gasteiger partial charge in [0, 0.05) is 6.20 Å². The van der Waals surface area contributed by atoms with Crippen molar-refractivity contribution in [3.8, 4) is 5.69 Å². The van der Waals surface area contributed by atoms with Gasteiger partial charge in [0.2, 0.25) is 5.95 Å². The Morgan fingerprint density at radius 3 is 2.64 bits per heavy atom. The highest BCUT2D eigenvalue weighted by Gasteiger charge is 2.09. The van der Waals surface area contributed by atoms with Gasteiger partial charge in [-0.2, -0.15) is 4.98 Å². The molecule has 1 aromatic carbocycles. The van der Waals surface area contributed by atoms with Gasteiger partial charge in [0.1, 0.15) is 6.33 Å². The van der Waals surface area contributed by atoms with Crippen molar-refractivity contribution in [2.24, 2.45) is 5.84 Å². The van der Waals surface area contributed by atoms with Crippen LogP contribution in [0.15, 0.2) is 66.0 Å². The molecule has 0 aliphatic carbocycles. The Labute approximate surface area is 126 Å². The fraction of sp³-hybridized carbons (Fsp3) is 0.0667. The van der Waals surface area contributed by atoms with Gasteiger partial charge in [0.05, 0.1) is 18.4 Å². The SMILES string of the molecule is NN(Cc1ccccc1)c1ncn(-c2cccnc2)c(=O)n1. The van der Waals surface area contributed by atoms with Crippen LogP contribution in [-0.4, -0.2) is 19.5 Å². The first kappa shape index (κ1) is 13.9. The molecule has 0 amide bonds. The van der Waals surface area contributed by atoms with Gasteiger partial charge in [-0.05, 0) is 17.7 Å². The molecule has 3 aromatic rings. The first-order valence-corrected chi connectivity index (χ1v) is 6.66. The topological polar surface area (TPSA) is 89.9 Å². The van der Waals surface area contributed by atoms with Crippen LogP contribution < -0.4 is 16.5 Å². The van der Waals surface area contributed by atoms with Gasteiger partial charge < -0.3 is 0 Å². The molecule has 110 valence electrons. The first-order chi connectivity index (χ1) is 10.7. The molecule has 0 spiro atoms. The van der Waals surface area contributed by atoms with E-state index in [0.717, 1.165) is 5.56 Å². The number of hydrogen-bond acceptors (Lipinski definition) is 6. The van der Waals surface area contributed by atoms with Crippen molar-refractivity contribution in [2.75, 3.05) is 5.01 Å². The van der Waals surface area contributed by atoms with Crippen LogP contribution in [0.3, 0.4) is 0 Å². The molecule has 0 fully saturated rings. The highest BCUT2D eigenvalue weighted by Crippen LogP contribution is 2.07. The summed E-state index contributed by atoms with van der Waals surface area (Å²) < 4.78 is 1.31. The van der Waals surface area contributed by atoms with Gasteiger partial charge >= 0.3 is 5.69 Å². The number of nitrogens with two attached hydrogens (primary N) is 1.